The first-order valence-electron chi connectivity index (χ1n) is 10.5. The van der Waals surface area contributed by atoms with Gasteiger partial charge in [0.25, 0.3) is 0 Å². The van der Waals surface area contributed by atoms with Crippen LogP contribution in [0.15, 0.2) is 0 Å². The fraction of sp³-hybridized carbons (Fsp3) is 1.00. The van der Waals surface area contributed by atoms with E-state index < -0.39 is 15.6 Å². The molecule has 0 bridgehead atoms. The lowest BCUT2D eigenvalue weighted by atomic mass is 10.1. The van der Waals surface area contributed by atoms with E-state index in [9.17, 15) is 13.2 Å². The maximum absolute atomic E-state index is 10.7. The molecule has 0 N–H and O–H groups in total. The highest BCUT2D eigenvalue weighted by molar-refractivity contribution is 7.86. The van der Waals surface area contributed by atoms with E-state index in [1.165, 1.54) is 108 Å². The zero-order valence-corrected chi connectivity index (χ0v) is 17.8. The van der Waals surface area contributed by atoms with Gasteiger partial charge in [-0.15, -0.1) is 0 Å². The van der Waals surface area contributed by atoms with Crippen LogP contribution in [0.5, 0.6) is 0 Å². The van der Waals surface area contributed by atoms with Gasteiger partial charge in [-0.25, -0.2) is 8.42 Å². The zero-order valence-electron chi connectivity index (χ0n) is 17.0. The summed E-state index contributed by atoms with van der Waals surface area (Å²) in [7, 11) is -6.09. The van der Waals surface area contributed by atoms with Crippen molar-refractivity contribution in [3.05, 3.63) is 0 Å². The SMILES string of the molecule is CCCCCCCCCCC[N+]1(CCC)CCCC1.O=S(=O)([O-])C(F)(F)F. The highest BCUT2D eigenvalue weighted by atomic mass is 32.2. The highest BCUT2D eigenvalue weighted by Gasteiger charge is 2.37. The monoisotopic (exact) mass is 417 g/mol. The maximum atomic E-state index is 10.7. The van der Waals surface area contributed by atoms with Crippen molar-refractivity contribution >= 4 is 10.1 Å². The molecule has 164 valence electrons. The molecule has 0 saturated carbocycles. The van der Waals surface area contributed by atoms with Crippen LogP contribution in [-0.2, 0) is 10.1 Å². The van der Waals surface area contributed by atoms with E-state index in [0.29, 0.717) is 0 Å². The Labute approximate surface area is 163 Å². The summed E-state index contributed by atoms with van der Waals surface area (Å²) >= 11 is 0. The van der Waals surface area contributed by atoms with Crippen molar-refractivity contribution in [3.8, 4) is 0 Å². The van der Waals surface area contributed by atoms with Crippen molar-refractivity contribution in [3.63, 3.8) is 0 Å². The lowest BCUT2D eigenvalue weighted by Crippen LogP contribution is -2.46. The number of alkyl halides is 3. The van der Waals surface area contributed by atoms with E-state index in [2.05, 4.69) is 13.8 Å². The molecule has 0 radical (unpaired) electrons. The molecule has 27 heavy (non-hydrogen) atoms. The number of rotatable bonds is 12. The molecule has 0 aromatic rings. The Morgan fingerprint density at radius 3 is 1.56 bits per heavy atom. The maximum Gasteiger partial charge on any atom is 0.485 e. The highest BCUT2D eigenvalue weighted by Crippen LogP contribution is 2.22. The molecule has 1 saturated heterocycles. The van der Waals surface area contributed by atoms with Gasteiger partial charge in [0.2, 0.25) is 0 Å². The van der Waals surface area contributed by atoms with Gasteiger partial charge < -0.3 is 9.04 Å². The molecule has 0 spiro atoms. The normalized spacial score (nSPS) is 16.8. The molecule has 1 aliphatic rings. The molecule has 0 unspecified atom stereocenters. The summed E-state index contributed by atoms with van der Waals surface area (Å²) < 4.78 is 60.4. The van der Waals surface area contributed by atoms with Crippen molar-refractivity contribution in [2.45, 2.75) is 96.4 Å². The molecule has 8 heteroatoms. The minimum Gasteiger partial charge on any atom is -0.741 e. The molecule has 1 heterocycles. The standard InChI is InChI=1S/C18H38N.CHF3O3S/c1-3-5-6-7-8-9-10-11-12-16-19(15-4-2)17-13-14-18-19;2-1(3,4)8(5,6)7/h3-18H2,1-2H3;(H,5,6,7)/q+1;/p-1. The van der Waals surface area contributed by atoms with E-state index in [4.69, 9.17) is 13.0 Å². The van der Waals surface area contributed by atoms with Crippen LogP contribution in [0.2, 0.25) is 0 Å². The topological polar surface area (TPSA) is 57.2 Å². The lowest BCUT2D eigenvalue weighted by Gasteiger charge is -2.34. The molecule has 1 fully saturated rings. The molecule has 0 aliphatic carbocycles. The summed E-state index contributed by atoms with van der Waals surface area (Å²) in [6.07, 6.45) is 17.5. The van der Waals surface area contributed by atoms with Crippen molar-refractivity contribution in [1.82, 2.24) is 0 Å². The van der Waals surface area contributed by atoms with Crippen LogP contribution in [0.1, 0.15) is 90.9 Å². The largest absolute Gasteiger partial charge is 0.741 e. The Hall–Kier alpha value is -0.340. The smallest absolute Gasteiger partial charge is 0.485 e. The molecule has 1 rings (SSSR count). The second-order valence-electron chi connectivity index (χ2n) is 7.67. The number of hydrogen-bond donors (Lipinski definition) is 0. The van der Waals surface area contributed by atoms with Crippen LogP contribution in [0, 0.1) is 0 Å². The van der Waals surface area contributed by atoms with E-state index >= 15 is 0 Å². The van der Waals surface area contributed by atoms with Crippen molar-refractivity contribution < 1.29 is 30.6 Å². The number of nitrogens with zero attached hydrogens (tertiary/aromatic N) is 1. The van der Waals surface area contributed by atoms with Crippen LogP contribution in [0.25, 0.3) is 0 Å². The molecule has 0 aromatic heterocycles. The van der Waals surface area contributed by atoms with Crippen molar-refractivity contribution in [1.29, 1.82) is 0 Å². The Morgan fingerprint density at radius 2 is 1.19 bits per heavy atom. The number of unbranched alkanes of at least 4 members (excludes halogenated alkanes) is 8. The molecule has 0 amide bonds. The molecular formula is C19H38F3NO3S. The van der Waals surface area contributed by atoms with Crippen molar-refractivity contribution in [2.75, 3.05) is 26.2 Å². The van der Waals surface area contributed by atoms with Gasteiger partial charge in [-0.3, -0.25) is 0 Å². The Kier molecular flexibility index (Phi) is 13.6. The van der Waals surface area contributed by atoms with E-state index in [0.717, 1.165) is 0 Å². The van der Waals surface area contributed by atoms with Crippen LogP contribution in [-0.4, -0.2) is 49.1 Å². The van der Waals surface area contributed by atoms with Gasteiger partial charge in [-0.2, -0.15) is 13.2 Å². The summed E-state index contributed by atoms with van der Waals surface area (Å²) in [5, 5.41) is 0. The summed E-state index contributed by atoms with van der Waals surface area (Å²) in [6, 6.07) is 0. The van der Waals surface area contributed by atoms with Crippen molar-refractivity contribution in [2.24, 2.45) is 0 Å². The van der Waals surface area contributed by atoms with Gasteiger partial charge in [0.15, 0.2) is 10.1 Å². The van der Waals surface area contributed by atoms with E-state index in [-0.39, 0.29) is 0 Å². The minimum atomic E-state index is -6.09. The fourth-order valence-electron chi connectivity index (χ4n) is 3.80. The molecule has 4 nitrogen and oxygen atoms in total. The average Bonchev–Trinajstić information content (AvgIpc) is 3.01. The zero-order chi connectivity index (χ0) is 20.8. The Morgan fingerprint density at radius 1 is 0.778 bits per heavy atom. The van der Waals surface area contributed by atoms with Crippen LogP contribution < -0.4 is 0 Å². The average molecular weight is 418 g/mol. The first-order chi connectivity index (χ1) is 12.6. The molecule has 1 aliphatic heterocycles. The van der Waals surface area contributed by atoms with E-state index in [1.54, 1.807) is 0 Å². The van der Waals surface area contributed by atoms with Gasteiger partial charge in [0.05, 0.1) is 26.2 Å². The van der Waals surface area contributed by atoms with Crippen LogP contribution in [0.4, 0.5) is 13.2 Å². The second-order valence-corrected chi connectivity index (χ2v) is 9.04. The van der Waals surface area contributed by atoms with Gasteiger partial charge in [0.1, 0.15) is 0 Å². The quantitative estimate of drug-likeness (QED) is 0.180. The van der Waals surface area contributed by atoms with Gasteiger partial charge in [-0.05, 0) is 19.3 Å². The predicted octanol–water partition coefficient (Wildman–Crippen LogP) is 5.59. The fourth-order valence-corrected chi connectivity index (χ4v) is 3.80. The van der Waals surface area contributed by atoms with Crippen LogP contribution in [0.3, 0.4) is 0 Å². The first kappa shape index (κ1) is 26.7. The summed E-state index contributed by atoms with van der Waals surface area (Å²) in [5.41, 5.74) is -5.65. The molecular weight excluding hydrogens is 379 g/mol. The van der Waals surface area contributed by atoms with Gasteiger partial charge >= 0.3 is 5.51 Å². The minimum absolute atomic E-state index is 1.37. The van der Waals surface area contributed by atoms with Crippen LogP contribution >= 0.6 is 0 Å². The number of hydrogen-bond acceptors (Lipinski definition) is 3. The third kappa shape index (κ3) is 12.7. The summed E-state index contributed by atoms with van der Waals surface area (Å²) in [6.45, 7) is 10.5. The summed E-state index contributed by atoms with van der Waals surface area (Å²) in [5.74, 6) is 0. The predicted molar refractivity (Wildman–Crippen MR) is 102 cm³/mol. The first-order valence-corrected chi connectivity index (χ1v) is 11.9. The third-order valence-corrected chi connectivity index (χ3v) is 5.80. The van der Waals surface area contributed by atoms with Gasteiger partial charge in [-0.1, -0.05) is 58.8 Å². The number of likely N-dealkylation sites (tertiary alicyclic amines) is 1. The third-order valence-electron chi connectivity index (χ3n) is 5.23. The number of quaternary nitrogens is 1. The molecule has 0 aromatic carbocycles. The second kappa shape index (κ2) is 13.8. The summed E-state index contributed by atoms with van der Waals surface area (Å²) in [4.78, 5) is 0. The Bertz CT molecular complexity index is 461. The lowest BCUT2D eigenvalue weighted by molar-refractivity contribution is -0.917. The Balaban J connectivity index is 0.000000713. The molecule has 0 atom stereocenters. The van der Waals surface area contributed by atoms with Gasteiger partial charge in [0, 0.05) is 12.8 Å². The number of halogens is 3. The van der Waals surface area contributed by atoms with E-state index in [1.807, 2.05) is 0 Å².